The first-order chi connectivity index (χ1) is 13.3. The molecule has 0 atom stereocenters. The third-order valence-corrected chi connectivity index (χ3v) is 5.34. The predicted molar refractivity (Wildman–Crippen MR) is 111 cm³/mol. The van der Waals surface area contributed by atoms with Gasteiger partial charge in [-0.15, -0.1) is 0 Å². The number of phenolic OH excluding ortho intramolecular Hbond substituents is 1. The molecule has 0 fully saturated rings. The number of nitrogens with one attached hydrogen (secondary N) is 1. The molecular formula is C23H29NO4. The van der Waals surface area contributed by atoms with Gasteiger partial charge in [-0.3, -0.25) is 9.59 Å². The number of hydrogen-bond donors (Lipinski definition) is 3. The van der Waals surface area contributed by atoms with Gasteiger partial charge in [0.2, 0.25) is 0 Å². The van der Waals surface area contributed by atoms with Crippen molar-refractivity contribution in [3.05, 3.63) is 58.2 Å². The van der Waals surface area contributed by atoms with Crippen LogP contribution in [0, 0.1) is 0 Å². The van der Waals surface area contributed by atoms with E-state index in [9.17, 15) is 14.7 Å². The molecule has 28 heavy (non-hydrogen) atoms. The topological polar surface area (TPSA) is 86.6 Å². The summed E-state index contributed by atoms with van der Waals surface area (Å²) in [5.74, 6) is -0.895. The van der Waals surface area contributed by atoms with Crippen molar-refractivity contribution in [2.45, 2.75) is 52.9 Å². The molecule has 0 aromatic heterocycles. The highest BCUT2D eigenvalue weighted by atomic mass is 16.4. The highest BCUT2D eigenvalue weighted by molar-refractivity contribution is 6.02. The van der Waals surface area contributed by atoms with E-state index in [0.29, 0.717) is 25.0 Å². The number of phenols is 1. The minimum Gasteiger partial charge on any atom is -0.508 e. The summed E-state index contributed by atoms with van der Waals surface area (Å²) in [7, 11) is 0. The SMILES string of the molecule is C=C(C(=O)NCCCC(=O)O)C1=C(/C(C)=C(\C)CC)c2ccc(O)cc2CC1. The number of carboxylic acids is 1. The Morgan fingerprint density at radius 3 is 2.57 bits per heavy atom. The number of aromatic hydroxyl groups is 1. The number of allylic oxidation sites excluding steroid dienone is 3. The number of carbonyl (C=O) groups is 2. The largest absolute Gasteiger partial charge is 0.508 e. The first kappa shape index (κ1) is 21.5. The average Bonchev–Trinajstić information content (AvgIpc) is 2.68. The second-order valence-corrected chi connectivity index (χ2v) is 7.19. The van der Waals surface area contributed by atoms with E-state index in [2.05, 4.69) is 32.7 Å². The van der Waals surface area contributed by atoms with Crippen LogP contribution in [0.1, 0.15) is 57.6 Å². The summed E-state index contributed by atoms with van der Waals surface area (Å²) >= 11 is 0. The van der Waals surface area contributed by atoms with Crippen LogP contribution in [0.15, 0.2) is 47.1 Å². The van der Waals surface area contributed by atoms with Crippen LogP contribution in [0.5, 0.6) is 5.75 Å². The standard InChI is InChI=1S/C23H29NO4/c1-5-14(2)15(3)22-19(10-8-17-13-18(25)9-11-20(17)22)16(4)23(28)24-12-6-7-21(26)27/h9,11,13,25H,4-8,10,12H2,1-3H3,(H,24,28)(H,26,27)/b15-14+. The highest BCUT2D eigenvalue weighted by Gasteiger charge is 2.25. The molecule has 1 amide bonds. The molecule has 2 rings (SSSR count). The molecule has 0 unspecified atom stereocenters. The lowest BCUT2D eigenvalue weighted by molar-refractivity contribution is -0.137. The number of carboxylic acid groups (broad SMARTS) is 1. The molecule has 1 aliphatic carbocycles. The minimum atomic E-state index is -0.874. The van der Waals surface area contributed by atoms with Gasteiger partial charge in [0.15, 0.2) is 0 Å². The van der Waals surface area contributed by atoms with E-state index in [1.165, 1.54) is 5.57 Å². The molecule has 1 aromatic rings. The zero-order valence-electron chi connectivity index (χ0n) is 16.9. The van der Waals surface area contributed by atoms with Gasteiger partial charge in [-0.25, -0.2) is 0 Å². The van der Waals surface area contributed by atoms with Gasteiger partial charge in [0, 0.05) is 18.5 Å². The summed E-state index contributed by atoms with van der Waals surface area (Å²) in [4.78, 5) is 23.2. The molecular weight excluding hydrogens is 354 g/mol. The smallest absolute Gasteiger partial charge is 0.303 e. The van der Waals surface area contributed by atoms with Gasteiger partial charge < -0.3 is 15.5 Å². The normalized spacial score (nSPS) is 14.2. The van der Waals surface area contributed by atoms with Crippen LogP contribution in [0.4, 0.5) is 0 Å². The van der Waals surface area contributed by atoms with E-state index >= 15 is 0 Å². The van der Waals surface area contributed by atoms with Crippen molar-refractivity contribution in [1.82, 2.24) is 5.32 Å². The number of aryl methyl sites for hydroxylation is 1. The van der Waals surface area contributed by atoms with Gasteiger partial charge in [-0.05, 0) is 79.5 Å². The van der Waals surface area contributed by atoms with Crippen LogP contribution >= 0.6 is 0 Å². The Hall–Kier alpha value is -2.82. The fourth-order valence-electron chi connectivity index (χ4n) is 3.47. The van der Waals surface area contributed by atoms with Crippen molar-refractivity contribution in [2.75, 3.05) is 6.54 Å². The Morgan fingerprint density at radius 1 is 1.21 bits per heavy atom. The lowest BCUT2D eigenvalue weighted by Crippen LogP contribution is -2.27. The summed E-state index contributed by atoms with van der Waals surface area (Å²) in [6, 6.07) is 5.37. The van der Waals surface area contributed by atoms with Gasteiger partial charge in [0.1, 0.15) is 5.75 Å². The van der Waals surface area contributed by atoms with Crippen molar-refractivity contribution >= 4 is 17.4 Å². The molecule has 1 aromatic carbocycles. The van der Waals surface area contributed by atoms with E-state index in [1.54, 1.807) is 12.1 Å². The Labute approximate surface area is 166 Å². The number of benzene rings is 1. The maximum absolute atomic E-state index is 12.6. The summed E-state index contributed by atoms with van der Waals surface area (Å²) in [6.07, 6.45) is 2.71. The first-order valence-corrected chi connectivity index (χ1v) is 9.67. The molecule has 0 bridgehead atoms. The molecule has 0 spiro atoms. The first-order valence-electron chi connectivity index (χ1n) is 9.67. The Morgan fingerprint density at radius 2 is 1.93 bits per heavy atom. The number of rotatable bonds is 8. The number of aliphatic carboxylic acids is 1. The fraction of sp³-hybridized carbons (Fsp3) is 0.391. The number of fused-ring (bicyclic) bond motifs is 1. The molecule has 3 N–H and O–H groups in total. The number of carbonyl (C=O) groups excluding carboxylic acids is 1. The van der Waals surface area contributed by atoms with Crippen molar-refractivity contribution in [1.29, 1.82) is 0 Å². The van der Waals surface area contributed by atoms with E-state index < -0.39 is 5.97 Å². The van der Waals surface area contributed by atoms with Crippen LogP contribution in [-0.2, 0) is 16.0 Å². The van der Waals surface area contributed by atoms with E-state index in [0.717, 1.165) is 40.7 Å². The molecule has 0 aliphatic heterocycles. The Bertz CT molecular complexity index is 861. The summed E-state index contributed by atoms with van der Waals surface area (Å²) in [5.41, 5.74) is 6.82. The van der Waals surface area contributed by atoms with Crippen molar-refractivity contribution < 1.29 is 19.8 Å². The molecule has 0 heterocycles. The van der Waals surface area contributed by atoms with Gasteiger partial charge >= 0.3 is 5.97 Å². The lowest BCUT2D eigenvalue weighted by atomic mass is 9.78. The third-order valence-electron chi connectivity index (χ3n) is 5.34. The monoisotopic (exact) mass is 383 g/mol. The van der Waals surface area contributed by atoms with E-state index in [4.69, 9.17) is 5.11 Å². The summed E-state index contributed by atoms with van der Waals surface area (Å²) < 4.78 is 0. The van der Waals surface area contributed by atoms with Crippen molar-refractivity contribution in [3.63, 3.8) is 0 Å². The quantitative estimate of drug-likeness (QED) is 0.459. The molecule has 0 saturated heterocycles. The van der Waals surface area contributed by atoms with Crippen LogP contribution < -0.4 is 5.32 Å². The summed E-state index contributed by atoms with van der Waals surface area (Å²) in [5, 5.41) is 21.3. The summed E-state index contributed by atoms with van der Waals surface area (Å²) in [6.45, 7) is 10.6. The second-order valence-electron chi connectivity index (χ2n) is 7.19. The van der Waals surface area contributed by atoms with Crippen molar-refractivity contribution in [3.8, 4) is 5.75 Å². The maximum atomic E-state index is 12.6. The van der Waals surface area contributed by atoms with Crippen LogP contribution in [-0.4, -0.2) is 28.6 Å². The van der Waals surface area contributed by atoms with Crippen LogP contribution in [0.25, 0.3) is 5.57 Å². The predicted octanol–water partition coefficient (Wildman–Crippen LogP) is 4.38. The Kier molecular flexibility index (Phi) is 7.21. The lowest BCUT2D eigenvalue weighted by Gasteiger charge is -2.26. The molecule has 1 aliphatic rings. The third kappa shape index (κ3) is 4.91. The number of hydrogen-bond acceptors (Lipinski definition) is 3. The second kappa shape index (κ2) is 9.40. The average molecular weight is 383 g/mol. The van der Waals surface area contributed by atoms with Crippen LogP contribution in [0.3, 0.4) is 0 Å². The highest BCUT2D eigenvalue weighted by Crippen LogP contribution is 2.41. The molecule has 5 nitrogen and oxygen atoms in total. The zero-order valence-corrected chi connectivity index (χ0v) is 16.9. The van der Waals surface area contributed by atoms with Crippen LogP contribution in [0.2, 0.25) is 0 Å². The minimum absolute atomic E-state index is 0.0229. The molecule has 0 radical (unpaired) electrons. The molecule has 150 valence electrons. The Balaban J connectivity index is 2.39. The van der Waals surface area contributed by atoms with E-state index in [1.807, 2.05) is 6.07 Å². The van der Waals surface area contributed by atoms with E-state index in [-0.39, 0.29) is 18.1 Å². The van der Waals surface area contributed by atoms with Gasteiger partial charge in [0.25, 0.3) is 5.91 Å². The van der Waals surface area contributed by atoms with Gasteiger partial charge in [-0.1, -0.05) is 25.1 Å². The molecule has 5 heteroatoms. The number of amides is 1. The van der Waals surface area contributed by atoms with Gasteiger partial charge in [0.05, 0.1) is 0 Å². The zero-order chi connectivity index (χ0) is 20.8. The van der Waals surface area contributed by atoms with Gasteiger partial charge in [-0.2, -0.15) is 0 Å². The maximum Gasteiger partial charge on any atom is 0.303 e. The fourth-order valence-corrected chi connectivity index (χ4v) is 3.47. The molecule has 0 saturated carbocycles. The van der Waals surface area contributed by atoms with Crippen molar-refractivity contribution in [2.24, 2.45) is 0 Å².